The van der Waals surface area contributed by atoms with Gasteiger partial charge in [0.05, 0.1) is 6.54 Å². The van der Waals surface area contributed by atoms with E-state index in [2.05, 4.69) is 5.32 Å². The number of rotatable bonds is 1. The predicted octanol–water partition coefficient (Wildman–Crippen LogP) is 0.977. The Bertz CT molecular complexity index is 614. The number of hydrogen-bond acceptors (Lipinski definition) is 3. The van der Waals surface area contributed by atoms with Gasteiger partial charge in [-0.25, -0.2) is 4.39 Å². The third kappa shape index (κ3) is 1.97. The lowest BCUT2D eigenvalue weighted by molar-refractivity contribution is -0.132. The molecule has 104 valence electrons. The van der Waals surface area contributed by atoms with Gasteiger partial charge >= 0.3 is 0 Å². The molecule has 0 spiro atoms. The van der Waals surface area contributed by atoms with E-state index in [0.29, 0.717) is 24.0 Å². The molecule has 1 aromatic carbocycles. The van der Waals surface area contributed by atoms with E-state index in [1.807, 2.05) is 0 Å². The number of imide groups is 1. The summed E-state index contributed by atoms with van der Waals surface area (Å²) in [6.45, 7) is 0.0765. The fourth-order valence-corrected chi connectivity index (χ4v) is 2.74. The first-order valence-electron chi connectivity index (χ1n) is 6.50. The van der Waals surface area contributed by atoms with Crippen LogP contribution in [0.15, 0.2) is 18.2 Å². The molecule has 1 N–H and O–H groups in total. The monoisotopic (exact) mass is 276 g/mol. The summed E-state index contributed by atoms with van der Waals surface area (Å²) in [4.78, 5) is 36.9. The maximum Gasteiger partial charge on any atom is 0.255 e. The van der Waals surface area contributed by atoms with Gasteiger partial charge in [0, 0.05) is 17.5 Å². The van der Waals surface area contributed by atoms with E-state index in [1.165, 1.54) is 17.0 Å². The van der Waals surface area contributed by atoms with E-state index in [1.54, 1.807) is 6.07 Å². The minimum absolute atomic E-state index is 0.0765. The molecule has 0 aromatic heterocycles. The topological polar surface area (TPSA) is 66.5 Å². The average molecular weight is 276 g/mol. The summed E-state index contributed by atoms with van der Waals surface area (Å²) >= 11 is 0. The summed E-state index contributed by atoms with van der Waals surface area (Å²) in [7, 11) is 0. The molecule has 3 amide bonds. The first kappa shape index (κ1) is 12.8. The normalized spacial score (nSPS) is 22.6. The molecule has 20 heavy (non-hydrogen) atoms. The fourth-order valence-electron chi connectivity index (χ4n) is 2.74. The Morgan fingerprint density at radius 2 is 2.05 bits per heavy atom. The smallest absolute Gasteiger partial charge is 0.255 e. The number of carbonyl (C=O) groups excluding carboxylic acids is 3. The Balaban J connectivity index is 1.90. The number of amides is 3. The van der Waals surface area contributed by atoms with Gasteiger partial charge in [-0.2, -0.15) is 0 Å². The van der Waals surface area contributed by atoms with Crippen molar-refractivity contribution in [2.24, 2.45) is 0 Å². The van der Waals surface area contributed by atoms with Crippen molar-refractivity contribution in [1.29, 1.82) is 0 Å². The van der Waals surface area contributed by atoms with Crippen LogP contribution in [-0.2, 0) is 16.1 Å². The molecule has 1 saturated heterocycles. The largest absolute Gasteiger partial charge is 0.322 e. The molecule has 0 bridgehead atoms. The zero-order valence-electron chi connectivity index (χ0n) is 10.7. The highest BCUT2D eigenvalue weighted by atomic mass is 19.1. The van der Waals surface area contributed by atoms with Crippen LogP contribution in [0.5, 0.6) is 0 Å². The van der Waals surface area contributed by atoms with E-state index in [9.17, 15) is 18.8 Å². The van der Waals surface area contributed by atoms with Gasteiger partial charge in [-0.1, -0.05) is 6.07 Å². The second-order valence-electron chi connectivity index (χ2n) is 5.02. The van der Waals surface area contributed by atoms with Gasteiger partial charge in [-0.15, -0.1) is 0 Å². The van der Waals surface area contributed by atoms with Crippen LogP contribution in [-0.4, -0.2) is 28.7 Å². The molecule has 1 aromatic rings. The quantitative estimate of drug-likeness (QED) is 0.777. The number of fused-ring (bicyclic) bond motifs is 1. The number of carbonyl (C=O) groups is 3. The summed E-state index contributed by atoms with van der Waals surface area (Å²) in [6.07, 6.45) is 1.22. The Kier molecular flexibility index (Phi) is 3.00. The first-order valence-corrected chi connectivity index (χ1v) is 6.50. The van der Waals surface area contributed by atoms with Gasteiger partial charge in [0.2, 0.25) is 11.8 Å². The third-order valence-corrected chi connectivity index (χ3v) is 3.76. The van der Waals surface area contributed by atoms with Gasteiger partial charge in [0.1, 0.15) is 11.9 Å². The summed E-state index contributed by atoms with van der Waals surface area (Å²) < 4.78 is 13.7. The molecule has 2 aliphatic rings. The van der Waals surface area contributed by atoms with Crippen molar-refractivity contribution in [2.75, 3.05) is 0 Å². The van der Waals surface area contributed by atoms with Crippen molar-refractivity contribution in [3.05, 3.63) is 35.1 Å². The third-order valence-electron chi connectivity index (χ3n) is 3.76. The van der Waals surface area contributed by atoms with Gasteiger partial charge in [-0.05, 0) is 25.0 Å². The standard InChI is InChI=1S/C14H13FN2O3/c15-10-4-1-3-8-9(10)7-17(14(8)20)11-5-2-6-12(18)16-13(11)19/h1,3-4,11H,2,5-7H2,(H,16,18,19). The van der Waals surface area contributed by atoms with Crippen molar-refractivity contribution in [3.8, 4) is 0 Å². The van der Waals surface area contributed by atoms with Crippen LogP contribution in [0.3, 0.4) is 0 Å². The van der Waals surface area contributed by atoms with E-state index in [4.69, 9.17) is 0 Å². The molecular weight excluding hydrogens is 263 g/mol. The molecule has 5 nitrogen and oxygen atoms in total. The Labute approximate surface area is 114 Å². The SMILES string of the molecule is O=C1CCCC(N2Cc3c(F)cccc3C2=O)C(=O)N1. The minimum Gasteiger partial charge on any atom is -0.322 e. The molecule has 0 saturated carbocycles. The highest BCUT2D eigenvalue weighted by molar-refractivity contribution is 6.04. The number of halogens is 1. The number of nitrogens with zero attached hydrogens (tertiary/aromatic N) is 1. The highest BCUT2D eigenvalue weighted by Crippen LogP contribution is 2.28. The van der Waals surface area contributed by atoms with Crippen LogP contribution in [0, 0.1) is 5.82 Å². The van der Waals surface area contributed by atoms with E-state index < -0.39 is 17.8 Å². The second-order valence-corrected chi connectivity index (χ2v) is 5.02. The lowest BCUT2D eigenvalue weighted by Crippen LogP contribution is -2.46. The number of hydrogen-bond donors (Lipinski definition) is 1. The van der Waals surface area contributed by atoms with Crippen molar-refractivity contribution in [3.63, 3.8) is 0 Å². The lowest BCUT2D eigenvalue weighted by Gasteiger charge is -2.24. The molecule has 0 radical (unpaired) electrons. The van der Waals surface area contributed by atoms with Gasteiger partial charge < -0.3 is 4.90 Å². The molecule has 1 fully saturated rings. The summed E-state index contributed by atoms with van der Waals surface area (Å²) in [5.74, 6) is -1.60. The molecule has 1 unspecified atom stereocenters. The molecule has 3 rings (SSSR count). The van der Waals surface area contributed by atoms with E-state index in [0.717, 1.165) is 0 Å². The maximum atomic E-state index is 13.7. The van der Waals surface area contributed by atoms with Crippen molar-refractivity contribution < 1.29 is 18.8 Å². The fraction of sp³-hybridized carbons (Fsp3) is 0.357. The second kappa shape index (κ2) is 4.70. The summed E-state index contributed by atoms with van der Waals surface area (Å²) in [5.41, 5.74) is 0.620. The maximum absolute atomic E-state index is 13.7. The van der Waals surface area contributed by atoms with Crippen LogP contribution in [0.1, 0.15) is 35.2 Å². The van der Waals surface area contributed by atoms with Crippen LogP contribution in [0.2, 0.25) is 0 Å². The van der Waals surface area contributed by atoms with Crippen molar-refractivity contribution in [2.45, 2.75) is 31.8 Å². The molecular formula is C14H13FN2O3. The summed E-state index contributed by atoms with van der Waals surface area (Å²) in [5, 5.41) is 2.27. The van der Waals surface area contributed by atoms with Crippen LogP contribution in [0.25, 0.3) is 0 Å². The minimum atomic E-state index is -0.708. The van der Waals surface area contributed by atoms with Gasteiger partial charge in [0.15, 0.2) is 0 Å². The number of benzene rings is 1. The van der Waals surface area contributed by atoms with Crippen molar-refractivity contribution >= 4 is 17.7 Å². The van der Waals surface area contributed by atoms with Crippen LogP contribution < -0.4 is 5.32 Å². The lowest BCUT2D eigenvalue weighted by atomic mass is 10.1. The summed E-state index contributed by atoms with van der Waals surface area (Å²) in [6, 6.07) is 3.62. The van der Waals surface area contributed by atoms with Crippen LogP contribution >= 0.6 is 0 Å². The molecule has 2 heterocycles. The zero-order valence-corrected chi connectivity index (χ0v) is 10.7. The van der Waals surface area contributed by atoms with E-state index >= 15 is 0 Å². The Morgan fingerprint density at radius 3 is 2.80 bits per heavy atom. The number of nitrogens with one attached hydrogen (secondary N) is 1. The zero-order chi connectivity index (χ0) is 14.3. The molecule has 0 aliphatic carbocycles. The van der Waals surface area contributed by atoms with E-state index in [-0.39, 0.29) is 24.8 Å². The molecule has 2 aliphatic heterocycles. The predicted molar refractivity (Wildman–Crippen MR) is 67.1 cm³/mol. The van der Waals surface area contributed by atoms with Crippen LogP contribution in [0.4, 0.5) is 4.39 Å². The molecule has 1 atom stereocenters. The Morgan fingerprint density at radius 1 is 1.25 bits per heavy atom. The van der Waals surface area contributed by atoms with Gasteiger partial charge in [-0.3, -0.25) is 19.7 Å². The van der Waals surface area contributed by atoms with Gasteiger partial charge in [0.25, 0.3) is 5.91 Å². The average Bonchev–Trinajstić information content (AvgIpc) is 2.64. The van der Waals surface area contributed by atoms with Crippen molar-refractivity contribution in [1.82, 2.24) is 10.2 Å². The molecule has 6 heteroatoms. The Hall–Kier alpha value is -2.24. The highest BCUT2D eigenvalue weighted by Gasteiger charge is 2.38. The first-order chi connectivity index (χ1) is 9.58.